The molecule has 1 saturated heterocycles. The van der Waals surface area contributed by atoms with Crippen LogP contribution < -0.4 is 5.32 Å². The van der Waals surface area contributed by atoms with Crippen LogP contribution in [0.15, 0.2) is 30.3 Å². The van der Waals surface area contributed by atoms with Gasteiger partial charge in [0, 0.05) is 6.04 Å². The molecule has 2 fully saturated rings. The number of carboxylic acid groups (broad SMARTS) is 1. The van der Waals surface area contributed by atoms with Gasteiger partial charge in [0.2, 0.25) is 5.91 Å². The third-order valence-electron chi connectivity index (χ3n) is 4.46. The van der Waals surface area contributed by atoms with E-state index < -0.39 is 12.0 Å². The maximum atomic E-state index is 12.8. The zero-order chi connectivity index (χ0) is 15.7. The second-order valence-electron chi connectivity index (χ2n) is 5.81. The molecule has 1 saturated carbocycles. The molecule has 22 heavy (non-hydrogen) atoms. The predicted octanol–water partition coefficient (Wildman–Crippen LogP) is 2.09. The largest absolute Gasteiger partial charge is 0.479 e. The van der Waals surface area contributed by atoms with E-state index in [1.165, 1.54) is 4.90 Å². The smallest absolute Gasteiger partial charge is 0.331 e. The molecule has 3 rings (SSSR count). The Bertz CT molecular complexity index is 605. The van der Waals surface area contributed by atoms with Crippen LogP contribution in [0, 0.1) is 5.92 Å². The number of hydrogen-bond donors (Lipinski definition) is 2. The molecule has 0 radical (unpaired) electrons. The summed E-state index contributed by atoms with van der Waals surface area (Å²) in [6.45, 7) is 0. The predicted molar refractivity (Wildman–Crippen MR) is 85.1 cm³/mol. The highest BCUT2D eigenvalue weighted by Crippen LogP contribution is 2.33. The molecule has 1 aliphatic heterocycles. The van der Waals surface area contributed by atoms with Gasteiger partial charge in [0.15, 0.2) is 11.2 Å². The number of carbonyl (C=O) groups is 2. The topological polar surface area (TPSA) is 69.6 Å². The van der Waals surface area contributed by atoms with Crippen LogP contribution in [0.3, 0.4) is 0 Å². The summed E-state index contributed by atoms with van der Waals surface area (Å²) >= 11 is 5.30. The van der Waals surface area contributed by atoms with Gasteiger partial charge in [-0.1, -0.05) is 43.2 Å². The first-order valence-corrected chi connectivity index (χ1v) is 7.91. The fourth-order valence-corrected chi connectivity index (χ4v) is 3.73. The zero-order valence-electron chi connectivity index (χ0n) is 12.1. The number of fused-ring (bicyclic) bond motifs is 1. The molecule has 6 heteroatoms. The summed E-state index contributed by atoms with van der Waals surface area (Å²) in [5.74, 6) is -1.41. The van der Waals surface area contributed by atoms with E-state index in [0.717, 1.165) is 25.7 Å². The number of rotatable bonds is 3. The maximum absolute atomic E-state index is 12.8. The van der Waals surface area contributed by atoms with Crippen molar-refractivity contribution in [1.29, 1.82) is 0 Å². The van der Waals surface area contributed by atoms with Gasteiger partial charge >= 0.3 is 5.97 Å². The third kappa shape index (κ3) is 2.59. The normalized spacial score (nSPS) is 26.1. The minimum atomic E-state index is -1.07. The van der Waals surface area contributed by atoms with Crippen molar-refractivity contribution in [3.8, 4) is 0 Å². The quantitative estimate of drug-likeness (QED) is 0.835. The van der Waals surface area contributed by atoms with E-state index in [4.69, 9.17) is 12.2 Å². The molecule has 0 spiro atoms. The first kappa shape index (κ1) is 15.0. The van der Waals surface area contributed by atoms with Crippen molar-refractivity contribution >= 4 is 29.2 Å². The van der Waals surface area contributed by atoms with Gasteiger partial charge in [0.05, 0.1) is 5.92 Å². The summed E-state index contributed by atoms with van der Waals surface area (Å²) in [6.07, 6.45) is 3.77. The fourth-order valence-electron chi connectivity index (χ4n) is 3.39. The van der Waals surface area contributed by atoms with E-state index in [-0.39, 0.29) is 23.0 Å². The van der Waals surface area contributed by atoms with Crippen LogP contribution in [0.25, 0.3) is 0 Å². The lowest BCUT2D eigenvalue weighted by Crippen LogP contribution is -2.62. The molecule has 1 aromatic rings. The number of nitrogens with one attached hydrogen (secondary N) is 1. The number of hydrogen-bond acceptors (Lipinski definition) is 3. The highest BCUT2D eigenvalue weighted by Gasteiger charge is 2.45. The van der Waals surface area contributed by atoms with Crippen molar-refractivity contribution in [2.75, 3.05) is 0 Å². The Balaban J connectivity index is 1.95. The molecular formula is C16H18N2O3S. The standard InChI is InChI=1S/C16H18N2O3S/c19-14-11-8-4-5-9-12(11)17-16(22)18(14)13(15(20)21)10-6-2-1-3-7-10/h1-3,6-7,11-13H,4-5,8-9H2,(H,17,22)(H,20,21). The van der Waals surface area contributed by atoms with Crippen molar-refractivity contribution < 1.29 is 14.7 Å². The van der Waals surface area contributed by atoms with Crippen LogP contribution in [0.4, 0.5) is 0 Å². The minimum absolute atomic E-state index is 0.0511. The SMILES string of the molecule is O=C(O)C(c1ccccc1)N1C(=O)C2CCCCC2NC1=S. The van der Waals surface area contributed by atoms with Crippen molar-refractivity contribution in [3.05, 3.63) is 35.9 Å². The van der Waals surface area contributed by atoms with Crippen molar-refractivity contribution in [3.63, 3.8) is 0 Å². The summed E-state index contributed by atoms with van der Waals surface area (Å²) in [5, 5.41) is 13.0. The summed E-state index contributed by atoms with van der Waals surface area (Å²) in [5.41, 5.74) is 0.557. The zero-order valence-corrected chi connectivity index (χ0v) is 12.9. The lowest BCUT2D eigenvalue weighted by molar-refractivity contribution is -0.150. The number of thiocarbonyl (C=S) groups is 1. The van der Waals surface area contributed by atoms with Gasteiger partial charge in [0.1, 0.15) is 0 Å². The van der Waals surface area contributed by atoms with Crippen LogP contribution in [-0.2, 0) is 9.59 Å². The number of carbonyl (C=O) groups excluding carboxylic acids is 1. The Morgan fingerprint density at radius 1 is 1.27 bits per heavy atom. The van der Waals surface area contributed by atoms with Gasteiger partial charge in [-0.2, -0.15) is 0 Å². The second kappa shape index (κ2) is 6.04. The average molecular weight is 318 g/mol. The molecule has 3 unspecified atom stereocenters. The van der Waals surface area contributed by atoms with Gasteiger partial charge in [-0.25, -0.2) is 4.79 Å². The van der Waals surface area contributed by atoms with Gasteiger partial charge in [-0.15, -0.1) is 0 Å². The molecule has 1 aliphatic carbocycles. The molecule has 1 heterocycles. The van der Waals surface area contributed by atoms with E-state index in [0.29, 0.717) is 5.56 Å². The molecule has 5 nitrogen and oxygen atoms in total. The van der Waals surface area contributed by atoms with E-state index >= 15 is 0 Å². The van der Waals surface area contributed by atoms with Crippen LogP contribution in [0.1, 0.15) is 37.3 Å². The Morgan fingerprint density at radius 2 is 1.95 bits per heavy atom. The number of carboxylic acids is 1. The highest BCUT2D eigenvalue weighted by molar-refractivity contribution is 7.80. The average Bonchev–Trinajstić information content (AvgIpc) is 2.52. The van der Waals surface area contributed by atoms with Gasteiger partial charge in [-0.3, -0.25) is 9.69 Å². The van der Waals surface area contributed by atoms with Gasteiger partial charge in [-0.05, 0) is 30.6 Å². The molecule has 0 aromatic heterocycles. The Labute approximate surface area is 134 Å². The van der Waals surface area contributed by atoms with E-state index in [9.17, 15) is 14.7 Å². The second-order valence-corrected chi connectivity index (χ2v) is 6.19. The van der Waals surface area contributed by atoms with Crippen LogP contribution in [0.2, 0.25) is 0 Å². The lowest BCUT2D eigenvalue weighted by atomic mass is 9.82. The number of amides is 1. The molecule has 1 amide bonds. The van der Waals surface area contributed by atoms with Crippen molar-refractivity contribution in [1.82, 2.24) is 10.2 Å². The van der Waals surface area contributed by atoms with Gasteiger partial charge < -0.3 is 10.4 Å². The fraction of sp³-hybridized carbons (Fsp3) is 0.438. The summed E-state index contributed by atoms with van der Waals surface area (Å²) in [7, 11) is 0. The molecule has 2 N–H and O–H groups in total. The van der Waals surface area contributed by atoms with Gasteiger partial charge in [0.25, 0.3) is 0 Å². The number of nitrogens with zero attached hydrogens (tertiary/aromatic N) is 1. The molecule has 0 bridgehead atoms. The first-order chi connectivity index (χ1) is 10.6. The summed E-state index contributed by atoms with van der Waals surface area (Å²) in [4.78, 5) is 25.8. The van der Waals surface area contributed by atoms with Crippen molar-refractivity contribution in [2.45, 2.75) is 37.8 Å². The lowest BCUT2D eigenvalue weighted by Gasteiger charge is -2.43. The number of benzene rings is 1. The summed E-state index contributed by atoms with van der Waals surface area (Å²) < 4.78 is 0. The first-order valence-electron chi connectivity index (χ1n) is 7.51. The highest BCUT2D eigenvalue weighted by atomic mass is 32.1. The minimum Gasteiger partial charge on any atom is -0.479 e. The Morgan fingerprint density at radius 3 is 2.64 bits per heavy atom. The third-order valence-corrected chi connectivity index (χ3v) is 4.77. The molecule has 3 atom stereocenters. The van der Waals surface area contributed by atoms with Crippen LogP contribution in [0.5, 0.6) is 0 Å². The molecule has 1 aromatic carbocycles. The molecular weight excluding hydrogens is 300 g/mol. The van der Waals surface area contributed by atoms with Crippen molar-refractivity contribution in [2.24, 2.45) is 5.92 Å². The van der Waals surface area contributed by atoms with E-state index in [1.807, 2.05) is 6.07 Å². The summed E-state index contributed by atoms with van der Waals surface area (Å²) in [6, 6.07) is 7.74. The van der Waals surface area contributed by atoms with E-state index in [1.54, 1.807) is 24.3 Å². The Kier molecular flexibility index (Phi) is 4.11. The maximum Gasteiger partial charge on any atom is 0.331 e. The molecule has 116 valence electrons. The molecule has 2 aliphatic rings. The van der Waals surface area contributed by atoms with Crippen LogP contribution in [-0.4, -0.2) is 33.0 Å². The van der Waals surface area contributed by atoms with E-state index in [2.05, 4.69) is 5.32 Å². The van der Waals surface area contributed by atoms with Crippen LogP contribution >= 0.6 is 12.2 Å². The number of aliphatic carboxylic acids is 1. The Hall–Kier alpha value is -1.95. The monoisotopic (exact) mass is 318 g/mol.